The molecule has 134 valence electrons. The van der Waals surface area contributed by atoms with Crippen LogP contribution in [-0.4, -0.2) is 72.4 Å². The Labute approximate surface area is 133 Å². The van der Waals surface area contributed by atoms with Gasteiger partial charge in [-0.05, 0) is 12.8 Å². The molecular formula is C15H24F4N2O2. The monoisotopic (exact) mass is 340 g/mol. The molecule has 3 fully saturated rings. The zero-order chi connectivity index (χ0) is 16.7. The standard InChI is InChI=1S/C15H24F4N2O2/c16-14(17)3-1-10(2-4-14)20-11-8-23-12(13(11)22)7-21-6-5-15(18,19)9-21/h10-13,20,22H,1-9H2/t11-,12-,13+/m0/s1. The molecule has 0 spiro atoms. The predicted molar refractivity (Wildman–Crippen MR) is 75.9 cm³/mol. The first kappa shape index (κ1) is 17.4. The summed E-state index contributed by atoms with van der Waals surface area (Å²) < 4.78 is 58.2. The third kappa shape index (κ3) is 4.35. The van der Waals surface area contributed by atoms with Gasteiger partial charge in [0.1, 0.15) is 0 Å². The molecule has 2 heterocycles. The van der Waals surface area contributed by atoms with Crippen LogP contribution in [0.5, 0.6) is 0 Å². The van der Waals surface area contributed by atoms with Crippen LogP contribution in [0, 0.1) is 0 Å². The molecule has 2 aliphatic heterocycles. The number of rotatable bonds is 4. The van der Waals surface area contributed by atoms with Gasteiger partial charge < -0.3 is 15.2 Å². The van der Waals surface area contributed by atoms with E-state index < -0.39 is 24.1 Å². The molecule has 0 unspecified atom stereocenters. The van der Waals surface area contributed by atoms with Crippen molar-refractivity contribution in [2.24, 2.45) is 0 Å². The fraction of sp³-hybridized carbons (Fsp3) is 1.00. The fourth-order valence-electron chi connectivity index (χ4n) is 3.72. The Kier molecular flexibility index (Phi) is 4.88. The second kappa shape index (κ2) is 6.46. The van der Waals surface area contributed by atoms with E-state index in [-0.39, 0.29) is 51.0 Å². The lowest BCUT2D eigenvalue weighted by Crippen LogP contribution is -2.49. The number of hydrogen-bond acceptors (Lipinski definition) is 4. The highest BCUT2D eigenvalue weighted by molar-refractivity contribution is 4.95. The van der Waals surface area contributed by atoms with Gasteiger partial charge in [-0.25, -0.2) is 17.6 Å². The van der Waals surface area contributed by atoms with E-state index in [2.05, 4.69) is 5.32 Å². The molecule has 1 aliphatic carbocycles. The second-order valence-electron chi connectivity index (χ2n) is 7.11. The molecule has 3 atom stereocenters. The lowest BCUT2D eigenvalue weighted by Gasteiger charge is -2.31. The molecule has 3 aliphatic rings. The van der Waals surface area contributed by atoms with Gasteiger partial charge in [-0.2, -0.15) is 0 Å². The number of halogens is 4. The maximum Gasteiger partial charge on any atom is 0.261 e. The van der Waals surface area contributed by atoms with E-state index in [4.69, 9.17) is 4.74 Å². The van der Waals surface area contributed by atoms with Gasteiger partial charge in [-0.3, -0.25) is 4.90 Å². The van der Waals surface area contributed by atoms with Crippen molar-refractivity contribution < 1.29 is 27.4 Å². The van der Waals surface area contributed by atoms with Gasteiger partial charge >= 0.3 is 0 Å². The molecule has 2 N–H and O–H groups in total. The van der Waals surface area contributed by atoms with Crippen LogP contribution in [0.1, 0.15) is 32.1 Å². The molecule has 1 saturated carbocycles. The van der Waals surface area contributed by atoms with Gasteiger partial charge in [0.25, 0.3) is 5.92 Å². The number of nitrogens with zero attached hydrogens (tertiary/aromatic N) is 1. The Hall–Kier alpha value is -0.440. The lowest BCUT2D eigenvalue weighted by molar-refractivity contribution is -0.0423. The number of nitrogens with one attached hydrogen (secondary N) is 1. The van der Waals surface area contributed by atoms with Gasteiger partial charge in [-0.15, -0.1) is 0 Å². The van der Waals surface area contributed by atoms with Gasteiger partial charge in [0.15, 0.2) is 0 Å². The third-order valence-corrected chi connectivity index (χ3v) is 5.14. The average Bonchev–Trinajstić information content (AvgIpc) is 2.97. The summed E-state index contributed by atoms with van der Waals surface area (Å²) >= 11 is 0. The number of hydrogen-bond donors (Lipinski definition) is 2. The van der Waals surface area contributed by atoms with Crippen molar-refractivity contribution >= 4 is 0 Å². The van der Waals surface area contributed by atoms with Crippen LogP contribution < -0.4 is 5.32 Å². The van der Waals surface area contributed by atoms with Gasteiger partial charge in [-0.1, -0.05) is 0 Å². The highest BCUT2D eigenvalue weighted by Gasteiger charge is 2.43. The van der Waals surface area contributed by atoms with Crippen LogP contribution in [0.25, 0.3) is 0 Å². The van der Waals surface area contributed by atoms with Crippen LogP contribution in [0.15, 0.2) is 0 Å². The summed E-state index contributed by atoms with van der Waals surface area (Å²) in [5.74, 6) is -5.24. The van der Waals surface area contributed by atoms with Crippen LogP contribution in [0.3, 0.4) is 0 Å². The smallest absolute Gasteiger partial charge is 0.261 e. The minimum atomic E-state index is -2.66. The molecule has 23 heavy (non-hydrogen) atoms. The van der Waals surface area contributed by atoms with Crippen molar-refractivity contribution in [3.63, 3.8) is 0 Å². The first-order valence-electron chi connectivity index (χ1n) is 8.28. The number of aliphatic hydroxyl groups excluding tert-OH is 1. The normalized spacial score (nSPS) is 38.2. The van der Waals surface area contributed by atoms with E-state index in [1.54, 1.807) is 4.90 Å². The summed E-state index contributed by atoms with van der Waals surface area (Å²) in [6.45, 7) is 0.561. The molecule has 0 aromatic heterocycles. The van der Waals surface area contributed by atoms with E-state index in [1.807, 2.05) is 0 Å². The summed E-state index contributed by atoms with van der Waals surface area (Å²) in [4.78, 5) is 1.61. The fourth-order valence-corrected chi connectivity index (χ4v) is 3.72. The van der Waals surface area contributed by atoms with Crippen LogP contribution >= 0.6 is 0 Å². The zero-order valence-corrected chi connectivity index (χ0v) is 13.0. The van der Waals surface area contributed by atoms with Crippen molar-refractivity contribution in [1.29, 1.82) is 0 Å². The summed E-state index contributed by atoms with van der Waals surface area (Å²) in [5.41, 5.74) is 0. The Morgan fingerprint density at radius 1 is 1.09 bits per heavy atom. The third-order valence-electron chi connectivity index (χ3n) is 5.14. The quantitative estimate of drug-likeness (QED) is 0.764. The Balaban J connectivity index is 1.45. The molecule has 3 rings (SSSR count). The van der Waals surface area contributed by atoms with Gasteiger partial charge in [0, 0.05) is 38.4 Å². The van der Waals surface area contributed by atoms with E-state index in [9.17, 15) is 22.7 Å². The Morgan fingerprint density at radius 3 is 2.39 bits per heavy atom. The molecule has 8 heteroatoms. The van der Waals surface area contributed by atoms with E-state index >= 15 is 0 Å². The molecule has 0 bridgehead atoms. The van der Waals surface area contributed by atoms with Crippen molar-refractivity contribution in [3.05, 3.63) is 0 Å². The van der Waals surface area contributed by atoms with E-state index in [1.165, 1.54) is 0 Å². The van der Waals surface area contributed by atoms with Crippen LogP contribution in [0.2, 0.25) is 0 Å². The summed E-state index contributed by atoms with van der Waals surface area (Å²) in [7, 11) is 0. The van der Waals surface area contributed by atoms with Crippen molar-refractivity contribution in [3.8, 4) is 0 Å². The summed E-state index contributed by atoms with van der Waals surface area (Å²) in [5, 5.41) is 13.5. The number of alkyl halides is 4. The SMILES string of the molecule is O[C@@H]1[C@@H](NC2CCC(F)(F)CC2)CO[C@H]1CN1CCC(F)(F)C1. The maximum absolute atomic E-state index is 13.2. The topological polar surface area (TPSA) is 44.7 Å². The highest BCUT2D eigenvalue weighted by Crippen LogP contribution is 2.34. The van der Waals surface area contributed by atoms with E-state index in [0.717, 1.165) is 0 Å². The van der Waals surface area contributed by atoms with Crippen molar-refractivity contribution in [2.45, 2.75) is 68.2 Å². The average molecular weight is 340 g/mol. The molecule has 4 nitrogen and oxygen atoms in total. The highest BCUT2D eigenvalue weighted by atomic mass is 19.3. The molecule has 0 aromatic rings. The zero-order valence-electron chi connectivity index (χ0n) is 13.0. The minimum Gasteiger partial charge on any atom is -0.389 e. The van der Waals surface area contributed by atoms with E-state index in [0.29, 0.717) is 19.4 Å². The molecule has 0 amide bonds. The summed E-state index contributed by atoms with van der Waals surface area (Å²) in [6, 6.07) is -0.368. The molecule has 2 saturated heterocycles. The number of aliphatic hydroxyl groups is 1. The molecule has 0 aromatic carbocycles. The van der Waals surface area contributed by atoms with Crippen LogP contribution in [-0.2, 0) is 4.74 Å². The Bertz CT molecular complexity index is 414. The first-order chi connectivity index (χ1) is 10.7. The van der Waals surface area contributed by atoms with Gasteiger partial charge in [0.2, 0.25) is 5.92 Å². The van der Waals surface area contributed by atoms with Crippen LogP contribution in [0.4, 0.5) is 17.6 Å². The summed E-state index contributed by atoms with van der Waals surface area (Å²) in [6.07, 6.45) is -0.994. The van der Waals surface area contributed by atoms with Crippen molar-refractivity contribution in [2.75, 3.05) is 26.2 Å². The number of ether oxygens (including phenoxy) is 1. The molecular weight excluding hydrogens is 316 g/mol. The second-order valence-corrected chi connectivity index (χ2v) is 7.11. The van der Waals surface area contributed by atoms with Crippen molar-refractivity contribution in [1.82, 2.24) is 10.2 Å². The first-order valence-corrected chi connectivity index (χ1v) is 8.28. The predicted octanol–water partition coefficient (Wildman–Crippen LogP) is 1.62. The van der Waals surface area contributed by atoms with Gasteiger partial charge in [0.05, 0.1) is 31.4 Å². The largest absolute Gasteiger partial charge is 0.389 e. The minimum absolute atomic E-state index is 0.0484. The lowest BCUT2D eigenvalue weighted by atomic mass is 9.91. The number of likely N-dealkylation sites (tertiary alicyclic amines) is 1. The maximum atomic E-state index is 13.2. The molecule has 0 radical (unpaired) electrons. The Morgan fingerprint density at radius 2 is 1.78 bits per heavy atom.